The molecule has 3 aromatic rings. The quantitative estimate of drug-likeness (QED) is 0.719. The average Bonchev–Trinajstić information content (AvgIpc) is 3.35. The molecule has 3 heterocycles. The van der Waals surface area contributed by atoms with Gasteiger partial charge in [0.1, 0.15) is 5.69 Å². The Morgan fingerprint density at radius 1 is 1.07 bits per heavy atom. The molecule has 1 amide bonds. The Morgan fingerprint density at radius 2 is 1.85 bits per heavy atom. The van der Waals surface area contributed by atoms with Gasteiger partial charge in [0, 0.05) is 37.0 Å². The van der Waals surface area contributed by atoms with Gasteiger partial charge in [-0.05, 0) is 30.7 Å². The number of fused-ring (bicyclic) bond motifs is 2. The number of carbonyl (C=O) groups is 1. The van der Waals surface area contributed by atoms with Crippen LogP contribution < -0.4 is 0 Å². The fraction of sp³-hybridized carbons (Fsp3) is 0.364. The molecule has 1 aromatic heterocycles. The largest absolute Gasteiger partial charge is 0.356 e. The van der Waals surface area contributed by atoms with Crippen molar-refractivity contribution in [2.75, 3.05) is 26.7 Å². The van der Waals surface area contributed by atoms with Crippen LogP contribution in [0.3, 0.4) is 0 Å². The standard InChI is InChI=1S/C22H23N3O2/c1-24-12-16-13-25(14-18(16)22(24)15-7-3-2-4-8-15)21(26)11-19-17-9-5-6-10-20(17)27-23-19/h2-10,16,18,22H,11-14H2,1H3/t16-,18+,22-/m0/s1. The van der Waals surface area contributed by atoms with E-state index in [1.807, 2.05) is 29.2 Å². The van der Waals surface area contributed by atoms with Crippen molar-refractivity contribution in [3.8, 4) is 0 Å². The topological polar surface area (TPSA) is 49.6 Å². The predicted octanol–water partition coefficient (Wildman–Crippen LogP) is 3.13. The summed E-state index contributed by atoms with van der Waals surface area (Å²) >= 11 is 0. The van der Waals surface area contributed by atoms with Crippen LogP contribution in [-0.2, 0) is 11.2 Å². The fourth-order valence-corrected chi connectivity index (χ4v) is 4.93. The second kappa shape index (κ2) is 6.50. The maximum absolute atomic E-state index is 12.9. The molecule has 0 unspecified atom stereocenters. The summed E-state index contributed by atoms with van der Waals surface area (Å²) in [7, 11) is 2.20. The van der Waals surface area contributed by atoms with Crippen LogP contribution in [0.5, 0.6) is 0 Å². The van der Waals surface area contributed by atoms with E-state index in [2.05, 4.69) is 47.4 Å². The van der Waals surface area contributed by atoms with E-state index in [1.54, 1.807) is 0 Å². The lowest BCUT2D eigenvalue weighted by molar-refractivity contribution is -0.129. The van der Waals surface area contributed by atoms with Gasteiger partial charge in [0.2, 0.25) is 5.91 Å². The highest BCUT2D eigenvalue weighted by atomic mass is 16.5. The van der Waals surface area contributed by atoms with Gasteiger partial charge in [-0.3, -0.25) is 9.69 Å². The Morgan fingerprint density at radius 3 is 2.70 bits per heavy atom. The van der Waals surface area contributed by atoms with Gasteiger partial charge in [0.25, 0.3) is 0 Å². The zero-order valence-electron chi connectivity index (χ0n) is 15.4. The van der Waals surface area contributed by atoms with Gasteiger partial charge >= 0.3 is 0 Å². The molecule has 0 N–H and O–H groups in total. The molecule has 2 aromatic carbocycles. The highest BCUT2D eigenvalue weighted by Gasteiger charge is 2.47. The lowest BCUT2D eigenvalue weighted by Crippen LogP contribution is -2.34. The van der Waals surface area contributed by atoms with Crippen molar-refractivity contribution >= 4 is 16.9 Å². The van der Waals surface area contributed by atoms with Crippen LogP contribution in [0.2, 0.25) is 0 Å². The van der Waals surface area contributed by atoms with E-state index in [4.69, 9.17) is 4.52 Å². The number of carbonyl (C=O) groups excluding carboxylic acids is 1. The molecule has 5 rings (SSSR count). The van der Waals surface area contributed by atoms with Crippen LogP contribution in [-0.4, -0.2) is 47.5 Å². The number of para-hydroxylation sites is 1. The van der Waals surface area contributed by atoms with E-state index in [-0.39, 0.29) is 5.91 Å². The average molecular weight is 361 g/mol. The van der Waals surface area contributed by atoms with Crippen molar-refractivity contribution in [3.05, 3.63) is 65.9 Å². The van der Waals surface area contributed by atoms with Gasteiger partial charge < -0.3 is 9.42 Å². The fourth-order valence-electron chi connectivity index (χ4n) is 4.93. The van der Waals surface area contributed by atoms with Crippen molar-refractivity contribution in [2.45, 2.75) is 12.5 Å². The highest BCUT2D eigenvalue weighted by Crippen LogP contribution is 2.44. The van der Waals surface area contributed by atoms with E-state index in [0.717, 1.165) is 36.3 Å². The Balaban J connectivity index is 1.33. The first-order valence-corrected chi connectivity index (χ1v) is 9.57. The summed E-state index contributed by atoms with van der Waals surface area (Å²) in [4.78, 5) is 17.4. The molecule has 0 spiro atoms. The third kappa shape index (κ3) is 2.82. The second-order valence-corrected chi connectivity index (χ2v) is 7.82. The first-order chi connectivity index (χ1) is 13.2. The molecule has 138 valence electrons. The van der Waals surface area contributed by atoms with E-state index >= 15 is 0 Å². The third-order valence-corrected chi connectivity index (χ3v) is 6.16. The zero-order chi connectivity index (χ0) is 18.4. The molecule has 0 aliphatic carbocycles. The van der Waals surface area contributed by atoms with E-state index < -0.39 is 0 Å². The lowest BCUT2D eigenvalue weighted by Gasteiger charge is -2.26. The summed E-state index contributed by atoms with van der Waals surface area (Å²) in [5, 5.41) is 5.06. The van der Waals surface area contributed by atoms with Gasteiger partial charge in [0.15, 0.2) is 5.58 Å². The maximum Gasteiger partial charge on any atom is 0.228 e. The van der Waals surface area contributed by atoms with Gasteiger partial charge in [-0.2, -0.15) is 0 Å². The molecule has 0 saturated carbocycles. The van der Waals surface area contributed by atoms with Crippen LogP contribution in [0, 0.1) is 11.8 Å². The molecule has 3 atom stereocenters. The molecule has 27 heavy (non-hydrogen) atoms. The van der Waals surface area contributed by atoms with Crippen molar-refractivity contribution in [1.82, 2.24) is 15.0 Å². The van der Waals surface area contributed by atoms with Crippen molar-refractivity contribution in [3.63, 3.8) is 0 Å². The molecule has 2 aliphatic heterocycles. The number of hydrogen-bond acceptors (Lipinski definition) is 4. The molecule has 2 aliphatic rings. The second-order valence-electron chi connectivity index (χ2n) is 7.82. The van der Waals surface area contributed by atoms with Crippen molar-refractivity contribution < 1.29 is 9.32 Å². The molecule has 5 nitrogen and oxygen atoms in total. The minimum Gasteiger partial charge on any atom is -0.356 e. The zero-order valence-corrected chi connectivity index (χ0v) is 15.4. The Hall–Kier alpha value is -2.66. The number of hydrogen-bond donors (Lipinski definition) is 0. The molecule has 0 bridgehead atoms. The number of rotatable bonds is 3. The minimum atomic E-state index is 0.151. The normalized spacial score (nSPS) is 25.2. The molecular formula is C22H23N3O2. The van der Waals surface area contributed by atoms with Gasteiger partial charge in [-0.25, -0.2) is 0 Å². The number of amides is 1. The van der Waals surface area contributed by atoms with Gasteiger partial charge in [-0.1, -0.05) is 47.6 Å². The monoisotopic (exact) mass is 361 g/mol. The summed E-state index contributed by atoms with van der Waals surface area (Å²) in [6, 6.07) is 18.8. The number of benzene rings is 2. The smallest absolute Gasteiger partial charge is 0.228 e. The first-order valence-electron chi connectivity index (χ1n) is 9.57. The highest BCUT2D eigenvalue weighted by molar-refractivity contribution is 5.86. The van der Waals surface area contributed by atoms with Crippen LogP contribution in [0.4, 0.5) is 0 Å². The Bertz CT molecular complexity index is 968. The Labute approximate surface area is 158 Å². The molecular weight excluding hydrogens is 338 g/mol. The van der Waals surface area contributed by atoms with E-state index in [9.17, 15) is 4.79 Å². The lowest BCUT2D eigenvalue weighted by atomic mass is 9.90. The first kappa shape index (κ1) is 16.5. The van der Waals surface area contributed by atoms with Crippen LogP contribution >= 0.6 is 0 Å². The molecule has 5 heteroatoms. The molecule has 2 fully saturated rings. The van der Waals surface area contributed by atoms with Crippen LogP contribution in [0.25, 0.3) is 11.0 Å². The summed E-state index contributed by atoms with van der Waals surface area (Å²) in [6.07, 6.45) is 0.308. The van der Waals surface area contributed by atoms with Gasteiger partial charge in [0.05, 0.1) is 6.42 Å². The SMILES string of the molecule is CN1C[C@H]2CN(C(=O)Cc3noc4ccccc34)C[C@H]2[C@@H]1c1ccccc1. The molecule has 0 radical (unpaired) electrons. The summed E-state index contributed by atoms with van der Waals surface area (Å²) in [5.41, 5.74) is 2.83. The Kier molecular flexibility index (Phi) is 3.97. The number of likely N-dealkylation sites (tertiary alicyclic amines) is 2. The van der Waals surface area contributed by atoms with Crippen molar-refractivity contribution in [1.29, 1.82) is 0 Å². The maximum atomic E-state index is 12.9. The summed E-state index contributed by atoms with van der Waals surface area (Å²) in [5.74, 6) is 1.19. The predicted molar refractivity (Wildman–Crippen MR) is 103 cm³/mol. The number of nitrogens with zero attached hydrogens (tertiary/aromatic N) is 3. The van der Waals surface area contributed by atoms with E-state index in [0.29, 0.717) is 24.3 Å². The van der Waals surface area contributed by atoms with Crippen LogP contribution in [0.1, 0.15) is 17.3 Å². The molecule has 2 saturated heterocycles. The third-order valence-electron chi connectivity index (χ3n) is 6.16. The minimum absolute atomic E-state index is 0.151. The van der Waals surface area contributed by atoms with Crippen molar-refractivity contribution in [2.24, 2.45) is 11.8 Å². The summed E-state index contributed by atoms with van der Waals surface area (Å²) in [6.45, 7) is 2.71. The number of aromatic nitrogens is 1. The van der Waals surface area contributed by atoms with Crippen LogP contribution in [0.15, 0.2) is 59.1 Å². The van der Waals surface area contributed by atoms with Gasteiger partial charge in [-0.15, -0.1) is 0 Å². The summed E-state index contributed by atoms with van der Waals surface area (Å²) < 4.78 is 5.35. The van der Waals surface area contributed by atoms with E-state index in [1.165, 1.54) is 5.56 Å².